The number of aromatic nitrogens is 1. The third kappa shape index (κ3) is 5.79. The van der Waals surface area contributed by atoms with Crippen LogP contribution in [0.5, 0.6) is 11.5 Å². The van der Waals surface area contributed by atoms with Crippen molar-refractivity contribution in [2.24, 2.45) is 0 Å². The zero-order chi connectivity index (χ0) is 21.8. The predicted molar refractivity (Wildman–Crippen MR) is 135 cm³/mol. The average molecular weight is 478 g/mol. The first-order valence-corrected chi connectivity index (χ1v) is 11.4. The molecule has 4 aromatic rings. The van der Waals surface area contributed by atoms with E-state index in [-0.39, 0.29) is 18.3 Å². The molecule has 2 heterocycles. The maximum Gasteiger partial charge on any atom is 0.257 e. The number of para-hydroxylation sites is 1. The maximum atomic E-state index is 12.7. The van der Waals surface area contributed by atoms with Crippen LogP contribution in [0.25, 0.3) is 0 Å². The largest absolute Gasteiger partial charge is 0.457 e. The zero-order valence-corrected chi connectivity index (χ0v) is 19.6. The monoisotopic (exact) mass is 477 g/mol. The van der Waals surface area contributed by atoms with E-state index < -0.39 is 0 Å². The van der Waals surface area contributed by atoms with Crippen LogP contribution in [-0.4, -0.2) is 22.3 Å². The SMILES string of the molecule is Cl.O=C(Nc1nc2c(s1)CN(Cc1ccccc1)CC2)c1ccc(Oc2ccccc2)cc1. The number of hydrogen-bond acceptors (Lipinski definition) is 5. The first-order chi connectivity index (χ1) is 15.7. The molecule has 0 atom stereocenters. The molecule has 1 aliphatic rings. The highest BCUT2D eigenvalue weighted by Gasteiger charge is 2.21. The second-order valence-corrected chi connectivity index (χ2v) is 8.81. The van der Waals surface area contributed by atoms with Crippen molar-refractivity contribution in [1.29, 1.82) is 0 Å². The number of nitrogens with one attached hydrogen (secondary N) is 1. The Balaban J connectivity index is 0.00000259. The lowest BCUT2D eigenvalue weighted by Crippen LogP contribution is -2.29. The van der Waals surface area contributed by atoms with E-state index in [1.807, 2.05) is 36.4 Å². The van der Waals surface area contributed by atoms with Crippen molar-refractivity contribution in [2.45, 2.75) is 19.5 Å². The van der Waals surface area contributed by atoms with Crippen LogP contribution in [0, 0.1) is 0 Å². The van der Waals surface area contributed by atoms with Gasteiger partial charge in [0.2, 0.25) is 0 Å². The van der Waals surface area contributed by atoms with Crippen LogP contribution in [0.4, 0.5) is 5.13 Å². The molecule has 3 aromatic carbocycles. The summed E-state index contributed by atoms with van der Waals surface area (Å²) < 4.78 is 5.79. The van der Waals surface area contributed by atoms with Gasteiger partial charge >= 0.3 is 0 Å². The molecule has 0 saturated carbocycles. The van der Waals surface area contributed by atoms with Crippen LogP contribution in [0.15, 0.2) is 84.9 Å². The summed E-state index contributed by atoms with van der Waals surface area (Å²) in [4.78, 5) is 21.0. The quantitative estimate of drug-likeness (QED) is 0.361. The molecule has 0 bridgehead atoms. The Morgan fingerprint density at radius 1 is 0.939 bits per heavy atom. The first kappa shape index (κ1) is 23.0. The minimum Gasteiger partial charge on any atom is -0.457 e. The molecule has 33 heavy (non-hydrogen) atoms. The summed E-state index contributed by atoms with van der Waals surface area (Å²) in [6, 6.07) is 27.2. The molecule has 7 heteroatoms. The van der Waals surface area contributed by atoms with Gasteiger partial charge in [0, 0.05) is 36.5 Å². The Kier molecular flexibility index (Phi) is 7.40. The lowest BCUT2D eigenvalue weighted by Gasteiger charge is -2.25. The van der Waals surface area contributed by atoms with Crippen LogP contribution in [0.2, 0.25) is 0 Å². The standard InChI is InChI=1S/C26H23N3O2S.ClH/c30-25(20-11-13-22(14-12-20)31-21-9-5-2-6-10-21)28-26-27-23-15-16-29(18-24(23)32-26)17-19-7-3-1-4-8-19;/h1-14H,15-18H2,(H,27,28,30);1H. The number of rotatable bonds is 6. The number of halogens is 1. The molecule has 1 aliphatic heterocycles. The van der Waals surface area contributed by atoms with Crippen molar-refractivity contribution < 1.29 is 9.53 Å². The number of thiazole rings is 1. The maximum absolute atomic E-state index is 12.7. The summed E-state index contributed by atoms with van der Waals surface area (Å²) in [5.41, 5.74) is 2.99. The number of nitrogens with zero attached hydrogens (tertiary/aromatic N) is 2. The van der Waals surface area contributed by atoms with E-state index in [2.05, 4.69) is 39.5 Å². The Labute approximate surface area is 203 Å². The Morgan fingerprint density at radius 3 is 2.33 bits per heavy atom. The molecule has 0 aliphatic carbocycles. The number of carbonyl (C=O) groups is 1. The minimum atomic E-state index is -0.163. The van der Waals surface area contributed by atoms with E-state index in [9.17, 15) is 4.79 Å². The molecular weight excluding hydrogens is 454 g/mol. The highest BCUT2D eigenvalue weighted by atomic mass is 35.5. The molecule has 0 fully saturated rings. The van der Waals surface area contributed by atoms with Gasteiger partial charge in [0.15, 0.2) is 5.13 Å². The summed E-state index contributed by atoms with van der Waals surface area (Å²) in [6.07, 6.45) is 0.903. The predicted octanol–water partition coefficient (Wildman–Crippen LogP) is 6.17. The molecule has 168 valence electrons. The molecule has 5 nitrogen and oxygen atoms in total. The van der Waals surface area contributed by atoms with E-state index in [1.54, 1.807) is 35.6 Å². The van der Waals surface area contributed by atoms with Crippen molar-refractivity contribution in [3.63, 3.8) is 0 Å². The normalized spacial score (nSPS) is 13.0. The molecule has 1 amide bonds. The fourth-order valence-corrected chi connectivity index (χ4v) is 4.79. The summed E-state index contributed by atoms with van der Waals surface area (Å²) in [7, 11) is 0. The van der Waals surface area contributed by atoms with Crippen molar-refractivity contribution in [3.05, 3.63) is 107 Å². The summed E-state index contributed by atoms with van der Waals surface area (Å²) in [5.74, 6) is 1.29. The molecule has 5 rings (SSSR count). The molecule has 0 spiro atoms. The fraction of sp³-hybridized carbons (Fsp3) is 0.154. The van der Waals surface area contributed by atoms with Gasteiger partial charge < -0.3 is 4.74 Å². The summed E-state index contributed by atoms with van der Waals surface area (Å²) >= 11 is 1.57. The molecule has 1 aromatic heterocycles. The number of ether oxygens (including phenoxy) is 1. The molecule has 0 saturated heterocycles. The number of amides is 1. The van der Waals surface area contributed by atoms with Gasteiger partial charge in [0.25, 0.3) is 5.91 Å². The van der Waals surface area contributed by atoms with Gasteiger partial charge in [0.05, 0.1) is 5.69 Å². The minimum absolute atomic E-state index is 0. The molecule has 1 N–H and O–H groups in total. The number of fused-ring (bicyclic) bond motifs is 1. The van der Waals surface area contributed by atoms with E-state index in [0.717, 1.165) is 37.5 Å². The van der Waals surface area contributed by atoms with Crippen molar-refractivity contribution in [3.8, 4) is 11.5 Å². The van der Waals surface area contributed by atoms with Crippen molar-refractivity contribution in [2.75, 3.05) is 11.9 Å². The molecule has 0 unspecified atom stereocenters. The lowest BCUT2D eigenvalue weighted by atomic mass is 10.1. The van der Waals surface area contributed by atoms with Crippen LogP contribution in [0.3, 0.4) is 0 Å². The summed E-state index contributed by atoms with van der Waals surface area (Å²) in [5, 5.41) is 3.62. The Bertz CT molecular complexity index is 1200. The topological polar surface area (TPSA) is 54.5 Å². The smallest absolute Gasteiger partial charge is 0.257 e. The highest BCUT2D eigenvalue weighted by Crippen LogP contribution is 2.29. The highest BCUT2D eigenvalue weighted by molar-refractivity contribution is 7.15. The summed E-state index contributed by atoms with van der Waals surface area (Å²) in [6.45, 7) is 2.77. The van der Waals surface area contributed by atoms with Crippen molar-refractivity contribution in [1.82, 2.24) is 9.88 Å². The van der Waals surface area contributed by atoms with E-state index in [4.69, 9.17) is 4.74 Å². The Hall–Kier alpha value is -3.19. The van der Waals surface area contributed by atoms with Crippen LogP contribution < -0.4 is 10.1 Å². The number of anilines is 1. The van der Waals surface area contributed by atoms with Crippen LogP contribution >= 0.6 is 23.7 Å². The lowest BCUT2D eigenvalue weighted by molar-refractivity contribution is 0.102. The van der Waals surface area contributed by atoms with E-state index in [1.165, 1.54) is 10.4 Å². The van der Waals surface area contributed by atoms with Gasteiger partial charge in [0.1, 0.15) is 11.5 Å². The van der Waals surface area contributed by atoms with Crippen LogP contribution in [-0.2, 0) is 19.5 Å². The van der Waals surface area contributed by atoms with E-state index in [0.29, 0.717) is 16.4 Å². The number of benzene rings is 3. The first-order valence-electron chi connectivity index (χ1n) is 10.6. The van der Waals surface area contributed by atoms with Gasteiger partial charge in [-0.05, 0) is 42.0 Å². The van der Waals surface area contributed by atoms with Gasteiger partial charge in [-0.3, -0.25) is 15.0 Å². The molecule has 0 radical (unpaired) electrons. The fourth-order valence-electron chi connectivity index (χ4n) is 3.75. The van der Waals surface area contributed by atoms with Crippen LogP contribution in [0.1, 0.15) is 26.5 Å². The number of carbonyl (C=O) groups excluding carboxylic acids is 1. The van der Waals surface area contributed by atoms with E-state index >= 15 is 0 Å². The van der Waals surface area contributed by atoms with Gasteiger partial charge in [-0.25, -0.2) is 4.98 Å². The molecular formula is C26H24ClN3O2S. The average Bonchev–Trinajstić information content (AvgIpc) is 3.22. The zero-order valence-electron chi connectivity index (χ0n) is 17.9. The van der Waals surface area contributed by atoms with Gasteiger partial charge in [-0.15, -0.1) is 23.7 Å². The second kappa shape index (κ2) is 10.6. The Morgan fingerprint density at radius 2 is 1.61 bits per heavy atom. The third-order valence-corrected chi connectivity index (χ3v) is 6.37. The third-order valence-electron chi connectivity index (χ3n) is 5.38. The van der Waals surface area contributed by atoms with Crippen molar-refractivity contribution >= 4 is 34.8 Å². The van der Waals surface area contributed by atoms with Gasteiger partial charge in [-0.2, -0.15) is 0 Å². The van der Waals surface area contributed by atoms with Gasteiger partial charge in [-0.1, -0.05) is 48.5 Å². The number of hydrogen-bond donors (Lipinski definition) is 1. The second-order valence-electron chi connectivity index (χ2n) is 7.73.